The molecule has 2 aromatic carbocycles. The first kappa shape index (κ1) is 18.2. The molecule has 142 valence electrons. The Labute approximate surface area is 164 Å². The van der Waals surface area contributed by atoms with Crippen LogP contribution >= 0.6 is 0 Å². The second kappa shape index (κ2) is 7.85. The average Bonchev–Trinajstić information content (AvgIpc) is 3.06. The number of nitriles is 1. The van der Waals surface area contributed by atoms with Crippen LogP contribution in [0.15, 0.2) is 48.5 Å². The fourth-order valence-corrected chi connectivity index (χ4v) is 4.02. The van der Waals surface area contributed by atoms with Crippen LogP contribution in [0.2, 0.25) is 0 Å². The third-order valence-electron chi connectivity index (χ3n) is 5.38. The van der Waals surface area contributed by atoms with Crippen molar-refractivity contribution in [3.63, 3.8) is 0 Å². The van der Waals surface area contributed by atoms with E-state index in [1.807, 2.05) is 41.0 Å². The molecule has 1 aliphatic rings. The lowest BCUT2D eigenvalue weighted by Crippen LogP contribution is -2.26. The Hall–Kier alpha value is -3.13. The third-order valence-corrected chi connectivity index (χ3v) is 5.38. The average molecular weight is 373 g/mol. The van der Waals surface area contributed by atoms with Gasteiger partial charge in [0.15, 0.2) is 0 Å². The molecule has 28 heavy (non-hydrogen) atoms. The van der Waals surface area contributed by atoms with Gasteiger partial charge in [-0.15, -0.1) is 0 Å². The Balaban J connectivity index is 1.65. The largest absolute Gasteiger partial charge is 0.461 e. The summed E-state index contributed by atoms with van der Waals surface area (Å²) >= 11 is 0. The molecule has 0 amide bonds. The Bertz CT molecular complexity index is 1050. The number of fused-ring (bicyclic) bond motifs is 1. The van der Waals surface area contributed by atoms with Crippen LogP contribution in [0.5, 0.6) is 0 Å². The highest BCUT2D eigenvalue weighted by molar-refractivity contribution is 5.83. The summed E-state index contributed by atoms with van der Waals surface area (Å²) in [6.45, 7) is 2.32. The minimum Gasteiger partial charge on any atom is -0.461 e. The summed E-state index contributed by atoms with van der Waals surface area (Å²) in [5.74, 6) is 1.04. The number of para-hydroxylation sites is 2. The van der Waals surface area contributed by atoms with Crippen molar-refractivity contribution in [2.24, 2.45) is 5.92 Å². The first-order valence-corrected chi connectivity index (χ1v) is 9.79. The first-order chi connectivity index (χ1) is 13.6. The van der Waals surface area contributed by atoms with Crippen molar-refractivity contribution in [2.75, 3.05) is 0 Å². The van der Waals surface area contributed by atoms with Crippen LogP contribution in [0.25, 0.3) is 22.4 Å². The molecule has 0 bridgehead atoms. The molecule has 0 radical (unpaired) electrons. The molecule has 1 heterocycles. The molecule has 4 rings (SSSR count). The summed E-state index contributed by atoms with van der Waals surface area (Å²) in [4.78, 5) is 17.4. The minimum atomic E-state index is -0.236. The van der Waals surface area contributed by atoms with Gasteiger partial charge in [0.25, 0.3) is 0 Å². The number of benzene rings is 2. The van der Waals surface area contributed by atoms with Gasteiger partial charge in [-0.2, -0.15) is 5.26 Å². The second-order valence-electron chi connectivity index (χ2n) is 7.59. The normalized spacial score (nSPS) is 19.3. The first-order valence-electron chi connectivity index (χ1n) is 9.79. The number of nitrogens with zero attached hydrogens (tertiary/aromatic N) is 3. The number of carbonyl (C=O) groups is 1. The topological polar surface area (TPSA) is 67.9 Å². The molecular formula is C23H23N3O2. The second-order valence-corrected chi connectivity index (χ2v) is 7.59. The molecule has 0 N–H and O–H groups in total. The Morgan fingerprint density at radius 1 is 1.25 bits per heavy atom. The molecule has 1 aliphatic carbocycles. The van der Waals surface area contributed by atoms with Crippen molar-refractivity contribution in [1.82, 2.24) is 9.55 Å². The molecule has 1 fully saturated rings. The fourth-order valence-electron chi connectivity index (χ4n) is 4.02. The van der Waals surface area contributed by atoms with Crippen molar-refractivity contribution in [3.8, 4) is 17.5 Å². The lowest BCUT2D eigenvalue weighted by atomic mass is 9.89. The molecule has 0 saturated heterocycles. The van der Waals surface area contributed by atoms with E-state index in [0.29, 0.717) is 17.3 Å². The molecule has 3 aromatic rings. The summed E-state index contributed by atoms with van der Waals surface area (Å²) in [5.41, 5.74) is 3.08. The van der Waals surface area contributed by atoms with E-state index in [1.165, 1.54) is 6.42 Å². The van der Waals surface area contributed by atoms with Crippen molar-refractivity contribution in [3.05, 3.63) is 54.1 Å². The zero-order valence-corrected chi connectivity index (χ0v) is 16.0. The van der Waals surface area contributed by atoms with Gasteiger partial charge in [0.1, 0.15) is 18.5 Å². The summed E-state index contributed by atoms with van der Waals surface area (Å²) in [6.07, 6.45) is 4.21. The SMILES string of the molecule is CC1CCCC(OC(=O)Cn2c(-c3cccc(C#N)c3)nc3ccccc32)C1. The monoisotopic (exact) mass is 373 g/mol. The maximum Gasteiger partial charge on any atom is 0.326 e. The Kier molecular flexibility index (Phi) is 5.12. The van der Waals surface area contributed by atoms with Gasteiger partial charge < -0.3 is 9.30 Å². The van der Waals surface area contributed by atoms with Crippen molar-refractivity contribution < 1.29 is 9.53 Å². The molecule has 5 nitrogen and oxygen atoms in total. The van der Waals surface area contributed by atoms with E-state index >= 15 is 0 Å². The number of hydrogen-bond donors (Lipinski definition) is 0. The number of carbonyl (C=O) groups excluding carboxylic acids is 1. The van der Waals surface area contributed by atoms with Gasteiger partial charge in [0.2, 0.25) is 0 Å². The Morgan fingerprint density at radius 2 is 2.11 bits per heavy atom. The van der Waals surface area contributed by atoms with Crippen LogP contribution in [0.4, 0.5) is 0 Å². The van der Waals surface area contributed by atoms with Crippen LogP contribution in [0.3, 0.4) is 0 Å². The summed E-state index contributed by atoms with van der Waals surface area (Å²) in [7, 11) is 0. The van der Waals surface area contributed by atoms with E-state index in [4.69, 9.17) is 9.72 Å². The van der Waals surface area contributed by atoms with Crippen molar-refractivity contribution in [1.29, 1.82) is 5.26 Å². The third kappa shape index (κ3) is 3.77. The summed E-state index contributed by atoms with van der Waals surface area (Å²) < 4.78 is 7.67. The predicted octanol–water partition coefficient (Wildman–Crippen LogP) is 4.70. The van der Waals surface area contributed by atoms with Crippen LogP contribution in [0.1, 0.15) is 38.2 Å². The highest BCUT2D eigenvalue weighted by Gasteiger charge is 2.23. The number of hydrogen-bond acceptors (Lipinski definition) is 4. The molecular weight excluding hydrogens is 350 g/mol. The maximum atomic E-state index is 12.7. The number of imidazole rings is 1. The van der Waals surface area contributed by atoms with Crippen LogP contribution in [-0.2, 0) is 16.1 Å². The maximum absolute atomic E-state index is 12.7. The van der Waals surface area contributed by atoms with E-state index in [1.54, 1.807) is 12.1 Å². The van der Waals surface area contributed by atoms with Crippen molar-refractivity contribution in [2.45, 2.75) is 45.3 Å². The lowest BCUT2D eigenvalue weighted by molar-refractivity contribution is -0.151. The van der Waals surface area contributed by atoms with E-state index in [-0.39, 0.29) is 18.6 Å². The zero-order valence-electron chi connectivity index (χ0n) is 16.0. The van der Waals surface area contributed by atoms with E-state index in [9.17, 15) is 10.1 Å². The lowest BCUT2D eigenvalue weighted by Gasteiger charge is -2.26. The van der Waals surface area contributed by atoms with E-state index < -0.39 is 0 Å². The van der Waals surface area contributed by atoms with Gasteiger partial charge in [0.05, 0.1) is 22.7 Å². The predicted molar refractivity (Wildman–Crippen MR) is 107 cm³/mol. The Morgan fingerprint density at radius 3 is 2.93 bits per heavy atom. The smallest absolute Gasteiger partial charge is 0.326 e. The zero-order chi connectivity index (χ0) is 19.5. The van der Waals surface area contributed by atoms with Gasteiger partial charge in [-0.3, -0.25) is 4.79 Å². The molecule has 5 heteroatoms. The van der Waals surface area contributed by atoms with Crippen LogP contribution in [0, 0.1) is 17.2 Å². The standard InChI is InChI=1S/C23H23N3O2/c1-16-6-4-9-19(12-16)28-22(27)15-26-21-11-3-2-10-20(21)25-23(26)18-8-5-7-17(13-18)14-24/h2-3,5,7-8,10-11,13,16,19H,4,6,9,12,15H2,1H3. The summed E-state index contributed by atoms with van der Waals surface area (Å²) in [6, 6.07) is 17.2. The molecule has 2 atom stereocenters. The minimum absolute atomic E-state index is 0.0106. The highest BCUT2D eigenvalue weighted by atomic mass is 16.5. The highest BCUT2D eigenvalue weighted by Crippen LogP contribution is 2.28. The van der Waals surface area contributed by atoms with Gasteiger partial charge in [-0.1, -0.05) is 37.6 Å². The number of esters is 1. The summed E-state index contributed by atoms with van der Waals surface area (Å²) in [5, 5.41) is 9.22. The molecule has 1 saturated carbocycles. The van der Waals surface area contributed by atoms with Crippen LogP contribution in [-0.4, -0.2) is 21.6 Å². The van der Waals surface area contributed by atoms with Crippen LogP contribution < -0.4 is 0 Å². The van der Waals surface area contributed by atoms with E-state index in [2.05, 4.69) is 13.0 Å². The molecule has 2 unspecified atom stereocenters. The molecule has 0 aliphatic heterocycles. The fraction of sp³-hybridized carbons (Fsp3) is 0.348. The quantitative estimate of drug-likeness (QED) is 0.622. The number of rotatable bonds is 4. The van der Waals surface area contributed by atoms with Crippen molar-refractivity contribution >= 4 is 17.0 Å². The molecule has 1 aromatic heterocycles. The van der Waals surface area contributed by atoms with Gasteiger partial charge >= 0.3 is 5.97 Å². The van der Waals surface area contributed by atoms with E-state index in [0.717, 1.165) is 35.9 Å². The molecule has 0 spiro atoms. The number of aromatic nitrogens is 2. The van der Waals surface area contributed by atoms with Gasteiger partial charge in [-0.05, 0) is 49.4 Å². The van der Waals surface area contributed by atoms with Gasteiger partial charge in [-0.25, -0.2) is 4.98 Å². The van der Waals surface area contributed by atoms with Gasteiger partial charge in [0, 0.05) is 5.56 Å². The number of ether oxygens (including phenoxy) is 1.